The third-order valence-corrected chi connectivity index (χ3v) is 7.32. The molecule has 0 atom stereocenters. The van der Waals surface area contributed by atoms with E-state index in [1.54, 1.807) is 11.3 Å². The minimum atomic E-state index is 0.350. The van der Waals surface area contributed by atoms with Crippen LogP contribution in [-0.4, -0.2) is 42.0 Å². The van der Waals surface area contributed by atoms with Crippen LogP contribution in [0.25, 0.3) is 10.2 Å². The first-order valence-electron chi connectivity index (χ1n) is 9.70. The zero-order chi connectivity index (χ0) is 18.1. The van der Waals surface area contributed by atoms with Gasteiger partial charge in [0, 0.05) is 37.6 Å². The minimum Gasteiger partial charge on any atom is -0.345 e. The fraction of sp³-hybridized carbons (Fsp3) is 0.600. The van der Waals surface area contributed by atoms with Crippen LogP contribution in [0.15, 0.2) is 12.1 Å². The first-order chi connectivity index (χ1) is 12.6. The summed E-state index contributed by atoms with van der Waals surface area (Å²) >= 11 is 7.94. The number of rotatable bonds is 3. The molecule has 2 heterocycles. The summed E-state index contributed by atoms with van der Waals surface area (Å²) in [6.07, 6.45) is 7.16. The molecule has 2 fully saturated rings. The molecule has 4 rings (SSSR count). The summed E-state index contributed by atoms with van der Waals surface area (Å²) in [5, 5.41) is 1.82. The van der Waals surface area contributed by atoms with Gasteiger partial charge >= 0.3 is 0 Å². The predicted octanol–water partition coefficient (Wildman–Crippen LogP) is 4.88. The van der Waals surface area contributed by atoms with Gasteiger partial charge in [-0.1, -0.05) is 42.2 Å². The van der Waals surface area contributed by atoms with Crippen molar-refractivity contribution in [3.8, 4) is 0 Å². The summed E-state index contributed by atoms with van der Waals surface area (Å²) in [6.45, 7) is 5.37. The number of piperazine rings is 1. The van der Waals surface area contributed by atoms with Crippen LogP contribution in [0.4, 0.5) is 5.13 Å². The van der Waals surface area contributed by atoms with E-state index in [1.165, 1.54) is 36.8 Å². The molecular formula is C20H26ClN3OS. The van der Waals surface area contributed by atoms with Crippen LogP contribution in [0.3, 0.4) is 0 Å². The predicted molar refractivity (Wildman–Crippen MR) is 109 cm³/mol. The summed E-state index contributed by atoms with van der Waals surface area (Å²) in [7, 11) is 0. The molecule has 4 nitrogen and oxygen atoms in total. The Morgan fingerprint density at radius 3 is 2.65 bits per heavy atom. The third-order valence-electron chi connectivity index (χ3n) is 5.83. The Morgan fingerprint density at radius 2 is 1.92 bits per heavy atom. The number of benzene rings is 1. The Morgan fingerprint density at radius 1 is 1.19 bits per heavy atom. The van der Waals surface area contributed by atoms with E-state index in [0.717, 1.165) is 53.8 Å². The molecule has 1 saturated heterocycles. The van der Waals surface area contributed by atoms with Gasteiger partial charge in [0.1, 0.15) is 0 Å². The van der Waals surface area contributed by atoms with E-state index in [-0.39, 0.29) is 0 Å². The second-order valence-corrected chi connectivity index (χ2v) is 9.01. The quantitative estimate of drug-likeness (QED) is 0.748. The summed E-state index contributed by atoms with van der Waals surface area (Å²) in [6, 6.07) is 4.00. The van der Waals surface area contributed by atoms with Gasteiger partial charge in [0.15, 0.2) is 5.13 Å². The molecule has 0 spiro atoms. The highest BCUT2D eigenvalue weighted by atomic mass is 35.5. The van der Waals surface area contributed by atoms with E-state index >= 15 is 0 Å². The summed E-state index contributed by atoms with van der Waals surface area (Å²) in [4.78, 5) is 21.8. The van der Waals surface area contributed by atoms with Crippen LogP contribution in [-0.2, 0) is 4.79 Å². The largest absolute Gasteiger partial charge is 0.345 e. The number of nitrogens with zero attached hydrogens (tertiary/aromatic N) is 3. The maximum Gasteiger partial charge on any atom is 0.222 e. The van der Waals surface area contributed by atoms with Crippen molar-refractivity contribution in [2.24, 2.45) is 5.92 Å². The van der Waals surface area contributed by atoms with E-state index in [9.17, 15) is 4.79 Å². The fourth-order valence-corrected chi connectivity index (χ4v) is 5.37. The molecule has 1 aliphatic carbocycles. The van der Waals surface area contributed by atoms with E-state index in [4.69, 9.17) is 16.6 Å². The summed E-state index contributed by atoms with van der Waals surface area (Å²) < 4.78 is 1.18. The average molecular weight is 392 g/mol. The lowest BCUT2D eigenvalue weighted by Crippen LogP contribution is -2.49. The molecular weight excluding hydrogens is 366 g/mol. The van der Waals surface area contributed by atoms with Gasteiger partial charge < -0.3 is 9.80 Å². The lowest BCUT2D eigenvalue weighted by Gasteiger charge is -2.35. The number of carbonyl (C=O) groups excluding carboxylic acids is 1. The molecule has 1 saturated carbocycles. The van der Waals surface area contributed by atoms with Crippen molar-refractivity contribution in [1.29, 1.82) is 0 Å². The van der Waals surface area contributed by atoms with Gasteiger partial charge in [0.05, 0.1) is 10.2 Å². The Kier molecular flexibility index (Phi) is 5.37. The van der Waals surface area contributed by atoms with Crippen LogP contribution in [0, 0.1) is 12.8 Å². The van der Waals surface area contributed by atoms with Crippen molar-refractivity contribution in [1.82, 2.24) is 9.88 Å². The van der Waals surface area contributed by atoms with Gasteiger partial charge in [-0.05, 0) is 43.4 Å². The smallest absolute Gasteiger partial charge is 0.222 e. The molecule has 1 aromatic heterocycles. The van der Waals surface area contributed by atoms with Crippen molar-refractivity contribution < 1.29 is 4.79 Å². The number of halogens is 1. The topological polar surface area (TPSA) is 36.4 Å². The Bertz CT molecular complexity index is 792. The van der Waals surface area contributed by atoms with Crippen LogP contribution in [0.5, 0.6) is 0 Å². The van der Waals surface area contributed by atoms with Crippen LogP contribution >= 0.6 is 22.9 Å². The molecule has 2 aromatic rings. The van der Waals surface area contributed by atoms with Gasteiger partial charge in [0.2, 0.25) is 5.91 Å². The summed E-state index contributed by atoms with van der Waals surface area (Å²) in [5.41, 5.74) is 2.06. The van der Waals surface area contributed by atoms with E-state index in [0.29, 0.717) is 11.8 Å². The number of hydrogen-bond donors (Lipinski definition) is 0. The molecule has 0 N–H and O–H groups in total. The second-order valence-electron chi connectivity index (χ2n) is 7.59. The van der Waals surface area contributed by atoms with Crippen LogP contribution < -0.4 is 4.90 Å². The molecule has 26 heavy (non-hydrogen) atoms. The van der Waals surface area contributed by atoms with Gasteiger partial charge in [-0.25, -0.2) is 4.98 Å². The van der Waals surface area contributed by atoms with E-state index in [2.05, 4.69) is 15.9 Å². The van der Waals surface area contributed by atoms with Gasteiger partial charge in [-0.2, -0.15) is 0 Å². The monoisotopic (exact) mass is 391 g/mol. The zero-order valence-electron chi connectivity index (χ0n) is 15.3. The highest BCUT2D eigenvalue weighted by molar-refractivity contribution is 7.22. The van der Waals surface area contributed by atoms with Crippen molar-refractivity contribution in [2.75, 3.05) is 31.1 Å². The van der Waals surface area contributed by atoms with Crippen LogP contribution in [0.2, 0.25) is 5.02 Å². The molecule has 1 aromatic carbocycles. The number of aryl methyl sites for hydroxylation is 1. The average Bonchev–Trinajstić information content (AvgIpc) is 3.11. The first-order valence-corrected chi connectivity index (χ1v) is 10.9. The molecule has 0 unspecified atom stereocenters. The molecule has 0 bridgehead atoms. The molecule has 1 aliphatic heterocycles. The maximum absolute atomic E-state index is 12.6. The van der Waals surface area contributed by atoms with Crippen LogP contribution in [0.1, 0.15) is 44.1 Å². The highest BCUT2D eigenvalue weighted by Gasteiger charge is 2.25. The minimum absolute atomic E-state index is 0.350. The van der Waals surface area contributed by atoms with Gasteiger partial charge in [-0.15, -0.1) is 0 Å². The van der Waals surface area contributed by atoms with Crippen molar-refractivity contribution >= 4 is 44.2 Å². The molecule has 2 aliphatic rings. The highest BCUT2D eigenvalue weighted by Crippen LogP contribution is 2.34. The molecule has 140 valence electrons. The second kappa shape index (κ2) is 7.73. The number of fused-ring (bicyclic) bond motifs is 1. The molecule has 0 radical (unpaired) electrons. The summed E-state index contributed by atoms with van der Waals surface area (Å²) in [5.74, 6) is 0.967. The number of aromatic nitrogens is 1. The first kappa shape index (κ1) is 18.1. The Balaban J connectivity index is 1.37. The van der Waals surface area contributed by atoms with Crippen molar-refractivity contribution in [2.45, 2.75) is 45.4 Å². The number of anilines is 1. The number of hydrogen-bond acceptors (Lipinski definition) is 4. The third kappa shape index (κ3) is 3.70. The number of amides is 1. The number of thiazole rings is 1. The zero-order valence-corrected chi connectivity index (χ0v) is 16.9. The van der Waals surface area contributed by atoms with E-state index in [1.807, 2.05) is 13.0 Å². The fourth-order valence-electron chi connectivity index (χ4n) is 4.14. The lowest BCUT2D eigenvalue weighted by molar-refractivity contribution is -0.132. The normalized spacial score (nSPS) is 19.3. The Hall–Kier alpha value is -1.33. The van der Waals surface area contributed by atoms with Crippen molar-refractivity contribution in [3.05, 3.63) is 22.7 Å². The SMILES string of the molecule is Cc1c(Cl)ccc2sc(N3CCN(C(=O)CC4CCCCC4)CC3)nc12. The molecule has 6 heteroatoms. The van der Waals surface area contributed by atoms with Gasteiger partial charge in [0.25, 0.3) is 0 Å². The Labute approximate surface area is 164 Å². The van der Waals surface area contributed by atoms with E-state index < -0.39 is 0 Å². The van der Waals surface area contributed by atoms with Crippen molar-refractivity contribution in [3.63, 3.8) is 0 Å². The number of carbonyl (C=O) groups is 1. The molecule has 1 amide bonds. The standard InChI is InChI=1S/C20H26ClN3OS/c1-14-16(21)7-8-17-19(14)22-20(26-17)24-11-9-23(10-12-24)18(25)13-15-5-3-2-4-6-15/h7-8,15H,2-6,9-13H2,1H3. The maximum atomic E-state index is 12.6. The lowest BCUT2D eigenvalue weighted by atomic mass is 9.86. The van der Waals surface area contributed by atoms with Gasteiger partial charge in [-0.3, -0.25) is 4.79 Å².